The van der Waals surface area contributed by atoms with Crippen molar-refractivity contribution >= 4 is 34.5 Å². The maximum absolute atomic E-state index is 13.4. The number of rotatable bonds is 7. The first kappa shape index (κ1) is 31.3. The van der Waals surface area contributed by atoms with Gasteiger partial charge in [0, 0.05) is 22.5 Å². The molecule has 0 atom stereocenters. The first-order valence-electron chi connectivity index (χ1n) is 17.2. The second-order valence-electron chi connectivity index (χ2n) is 14.2. The summed E-state index contributed by atoms with van der Waals surface area (Å²) in [4.78, 5) is 31.4. The van der Waals surface area contributed by atoms with Crippen LogP contribution in [0.1, 0.15) is 129 Å². The molecular formula is C39H45N3O5. The Bertz CT molecular complexity index is 1880. The van der Waals surface area contributed by atoms with Crippen molar-refractivity contribution in [3.63, 3.8) is 0 Å². The van der Waals surface area contributed by atoms with Gasteiger partial charge < -0.3 is 23.3 Å². The van der Waals surface area contributed by atoms with Gasteiger partial charge in [-0.2, -0.15) is 0 Å². The second-order valence-corrected chi connectivity index (χ2v) is 14.2. The van der Waals surface area contributed by atoms with Crippen molar-refractivity contribution in [3.8, 4) is 17.0 Å². The topological polar surface area (TPSA) is 84.6 Å². The van der Waals surface area contributed by atoms with Gasteiger partial charge in [-0.25, -0.2) is 14.6 Å². The predicted molar refractivity (Wildman–Crippen MR) is 184 cm³/mol. The molecule has 2 aromatic carbocycles. The average Bonchev–Trinajstić information content (AvgIpc) is 3.54. The lowest BCUT2D eigenvalue weighted by molar-refractivity contribution is 0.00693. The number of esters is 2. The lowest BCUT2D eigenvalue weighted by atomic mass is 9.81. The number of carbonyl (C=O) groups excluding carboxylic acids is 2. The minimum Gasteiger partial charge on any atom is -0.497 e. The highest BCUT2D eigenvalue weighted by Gasteiger charge is 2.34. The van der Waals surface area contributed by atoms with Crippen LogP contribution in [0, 0.1) is 0 Å². The van der Waals surface area contributed by atoms with Crippen molar-refractivity contribution in [1.29, 1.82) is 0 Å². The largest absolute Gasteiger partial charge is 0.497 e. The van der Waals surface area contributed by atoms with Gasteiger partial charge in [-0.05, 0) is 119 Å². The van der Waals surface area contributed by atoms with E-state index in [9.17, 15) is 9.59 Å². The van der Waals surface area contributed by atoms with E-state index in [-0.39, 0.29) is 18.6 Å². The zero-order chi connectivity index (χ0) is 32.9. The quantitative estimate of drug-likeness (QED) is 0.189. The van der Waals surface area contributed by atoms with Crippen LogP contribution >= 0.6 is 0 Å². The fourth-order valence-electron chi connectivity index (χ4n) is 7.62. The van der Waals surface area contributed by atoms with Crippen molar-refractivity contribution in [2.24, 2.45) is 0 Å². The normalized spacial score (nSPS) is 16.9. The van der Waals surface area contributed by atoms with Gasteiger partial charge in [0.05, 0.1) is 43.5 Å². The van der Waals surface area contributed by atoms with Gasteiger partial charge >= 0.3 is 11.9 Å². The summed E-state index contributed by atoms with van der Waals surface area (Å²) < 4.78 is 21.6. The number of fused-ring (bicyclic) bond motifs is 5. The Labute approximate surface area is 276 Å². The van der Waals surface area contributed by atoms with E-state index in [0.717, 1.165) is 65.8 Å². The van der Waals surface area contributed by atoms with Crippen LogP contribution in [0.5, 0.6) is 5.75 Å². The summed E-state index contributed by atoms with van der Waals surface area (Å²) in [6.07, 6.45) is 13.2. The smallest absolute Gasteiger partial charge is 0.359 e. The molecule has 4 aromatic rings. The van der Waals surface area contributed by atoms with E-state index in [4.69, 9.17) is 14.2 Å². The molecule has 2 aliphatic carbocycles. The number of aromatic nitrogens is 3. The first-order valence-corrected chi connectivity index (χ1v) is 17.2. The molecule has 2 fully saturated rings. The molecule has 1 aliphatic heterocycles. The minimum absolute atomic E-state index is 0.276. The highest BCUT2D eigenvalue weighted by atomic mass is 16.6. The van der Waals surface area contributed by atoms with Gasteiger partial charge in [0.15, 0.2) is 5.69 Å². The standard InChI is InChI=1S/C39H45N3O5/c1-6-46-38(44)34-35(42(23-40-34)28-13-10-14-28)27-19-26-20-29(45-5)16-18-30(26)36-33(24-11-8-7-9-12-24)31-17-15-25(21-32(31)41(36)22-27)37(43)47-39(2,3)4/h15-21,23-24,28H,6-14,22H2,1-5H3. The van der Waals surface area contributed by atoms with Crippen LogP contribution < -0.4 is 4.74 Å². The van der Waals surface area contributed by atoms with Gasteiger partial charge in [0.2, 0.25) is 0 Å². The molecule has 3 aliphatic rings. The number of ether oxygens (including phenoxy) is 3. The molecule has 0 saturated heterocycles. The van der Waals surface area contributed by atoms with E-state index >= 15 is 0 Å². The zero-order valence-electron chi connectivity index (χ0n) is 28.2. The highest BCUT2D eigenvalue weighted by Crippen LogP contribution is 2.48. The maximum Gasteiger partial charge on any atom is 0.359 e. The zero-order valence-corrected chi connectivity index (χ0v) is 28.2. The Balaban J connectivity index is 1.50. The molecule has 3 heterocycles. The lowest BCUT2D eigenvalue weighted by Crippen LogP contribution is -2.23. The summed E-state index contributed by atoms with van der Waals surface area (Å²) in [7, 11) is 1.69. The number of benzene rings is 2. The third kappa shape index (κ3) is 5.76. The number of methoxy groups -OCH3 is 1. The Kier molecular flexibility index (Phi) is 8.23. The number of nitrogens with zero attached hydrogens (tertiary/aromatic N) is 3. The fourth-order valence-corrected chi connectivity index (χ4v) is 7.62. The Morgan fingerprint density at radius 1 is 0.936 bits per heavy atom. The van der Waals surface area contributed by atoms with Crippen LogP contribution in [-0.2, 0) is 16.0 Å². The summed E-state index contributed by atoms with van der Waals surface area (Å²) in [5, 5.41) is 1.17. The van der Waals surface area contributed by atoms with Crippen molar-refractivity contribution in [2.45, 2.75) is 103 Å². The summed E-state index contributed by atoms with van der Waals surface area (Å²) in [5.74, 6) is 0.427. The van der Waals surface area contributed by atoms with Crippen LogP contribution in [0.3, 0.4) is 0 Å². The molecule has 8 heteroatoms. The molecule has 2 saturated carbocycles. The van der Waals surface area contributed by atoms with Gasteiger partial charge in [-0.3, -0.25) is 0 Å². The molecule has 0 N–H and O–H groups in total. The molecule has 0 amide bonds. The molecule has 0 unspecified atom stereocenters. The molecule has 0 radical (unpaired) electrons. The SMILES string of the molecule is CCOC(=O)c1ncn(C2CCC2)c1C1=Cc2cc(OC)ccc2-c2c(C3CCCCC3)c3ccc(C(=O)OC(C)(C)C)cc3n2C1. The van der Waals surface area contributed by atoms with Crippen LogP contribution in [0.4, 0.5) is 0 Å². The summed E-state index contributed by atoms with van der Waals surface area (Å²) in [6.45, 7) is 8.27. The summed E-state index contributed by atoms with van der Waals surface area (Å²) in [5.41, 5.74) is 7.69. The first-order chi connectivity index (χ1) is 22.7. The molecular weight excluding hydrogens is 590 g/mol. The van der Waals surface area contributed by atoms with Crippen molar-refractivity contribution < 1.29 is 23.8 Å². The number of hydrogen-bond acceptors (Lipinski definition) is 6. The van der Waals surface area contributed by atoms with E-state index < -0.39 is 11.6 Å². The van der Waals surface area contributed by atoms with Gasteiger partial charge in [0.1, 0.15) is 11.4 Å². The highest BCUT2D eigenvalue weighted by molar-refractivity contribution is 6.03. The monoisotopic (exact) mass is 635 g/mol. The second kappa shape index (κ2) is 12.4. The molecule has 7 rings (SSSR count). The molecule has 8 nitrogen and oxygen atoms in total. The Hall–Kier alpha value is -4.33. The third-order valence-electron chi connectivity index (χ3n) is 9.96. The van der Waals surface area contributed by atoms with Crippen LogP contribution in [0.25, 0.3) is 33.8 Å². The van der Waals surface area contributed by atoms with Gasteiger partial charge in [0.25, 0.3) is 0 Å². The predicted octanol–water partition coefficient (Wildman–Crippen LogP) is 8.97. The molecule has 0 bridgehead atoms. The molecule has 47 heavy (non-hydrogen) atoms. The van der Waals surface area contributed by atoms with Crippen molar-refractivity contribution in [1.82, 2.24) is 14.1 Å². The number of carbonyl (C=O) groups is 2. The fraction of sp³-hybridized carbons (Fsp3) is 0.462. The lowest BCUT2D eigenvalue weighted by Gasteiger charge is -2.29. The van der Waals surface area contributed by atoms with E-state index in [2.05, 4.69) is 38.4 Å². The van der Waals surface area contributed by atoms with Gasteiger partial charge in [-0.1, -0.05) is 25.3 Å². The van der Waals surface area contributed by atoms with Crippen LogP contribution in [0.2, 0.25) is 0 Å². The maximum atomic E-state index is 13.4. The van der Waals surface area contributed by atoms with E-state index in [1.54, 1.807) is 7.11 Å². The third-order valence-corrected chi connectivity index (χ3v) is 9.96. The molecule has 0 spiro atoms. The van der Waals surface area contributed by atoms with E-state index in [1.165, 1.54) is 35.9 Å². The van der Waals surface area contributed by atoms with E-state index in [0.29, 0.717) is 23.7 Å². The van der Waals surface area contributed by atoms with Crippen molar-refractivity contribution in [2.75, 3.05) is 13.7 Å². The molecule has 2 aromatic heterocycles. The van der Waals surface area contributed by atoms with Gasteiger partial charge in [-0.15, -0.1) is 0 Å². The van der Waals surface area contributed by atoms with Crippen molar-refractivity contribution in [3.05, 3.63) is 70.8 Å². The summed E-state index contributed by atoms with van der Waals surface area (Å²) >= 11 is 0. The Morgan fingerprint density at radius 3 is 2.40 bits per heavy atom. The summed E-state index contributed by atoms with van der Waals surface area (Å²) in [6, 6.07) is 12.6. The van der Waals surface area contributed by atoms with E-state index in [1.807, 2.05) is 52.2 Å². The Morgan fingerprint density at radius 2 is 1.72 bits per heavy atom. The minimum atomic E-state index is -0.604. The molecule has 246 valence electrons. The number of imidazole rings is 1. The number of hydrogen-bond donors (Lipinski definition) is 0. The van der Waals surface area contributed by atoms with Crippen LogP contribution in [0.15, 0.2) is 42.7 Å². The van der Waals surface area contributed by atoms with Crippen LogP contribution in [-0.4, -0.2) is 45.4 Å². The number of allylic oxidation sites excluding steroid dienone is 1. The average molecular weight is 636 g/mol.